The molecule has 2 amide bonds. The van der Waals surface area contributed by atoms with Gasteiger partial charge in [-0.15, -0.1) is 0 Å². The standard InChI is InChI=1S/C24H24N2O2/c1-17-9-11-19(12-10-17)24(28)26-15-13-20(14-16-26)25-23(27)22-8-4-6-18-5-2-3-7-21(18)22/h2-12,20H,13-16H2,1H3,(H,25,27). The van der Waals surface area contributed by atoms with Crippen LogP contribution in [0.15, 0.2) is 66.7 Å². The molecule has 0 saturated carbocycles. The molecule has 142 valence electrons. The highest BCUT2D eigenvalue weighted by atomic mass is 16.2. The number of hydrogen-bond donors (Lipinski definition) is 1. The van der Waals surface area contributed by atoms with Gasteiger partial charge in [-0.2, -0.15) is 0 Å². The molecule has 0 atom stereocenters. The molecule has 3 aromatic rings. The summed E-state index contributed by atoms with van der Waals surface area (Å²) < 4.78 is 0. The van der Waals surface area contributed by atoms with Crippen LogP contribution in [0.25, 0.3) is 10.8 Å². The second-order valence-corrected chi connectivity index (χ2v) is 7.43. The van der Waals surface area contributed by atoms with Gasteiger partial charge in [0.15, 0.2) is 0 Å². The summed E-state index contributed by atoms with van der Waals surface area (Å²) in [6.45, 7) is 3.33. The van der Waals surface area contributed by atoms with E-state index in [1.54, 1.807) is 0 Å². The Balaban J connectivity index is 1.38. The third-order valence-corrected chi connectivity index (χ3v) is 5.45. The normalized spacial score (nSPS) is 14.8. The number of benzene rings is 3. The Hall–Kier alpha value is -3.14. The average Bonchev–Trinajstić information content (AvgIpc) is 2.74. The van der Waals surface area contributed by atoms with E-state index in [-0.39, 0.29) is 17.9 Å². The molecule has 0 bridgehead atoms. The third kappa shape index (κ3) is 3.77. The number of likely N-dealkylation sites (tertiary alicyclic amines) is 1. The van der Waals surface area contributed by atoms with E-state index in [1.165, 1.54) is 0 Å². The summed E-state index contributed by atoms with van der Waals surface area (Å²) in [6.07, 6.45) is 1.54. The van der Waals surface area contributed by atoms with E-state index in [4.69, 9.17) is 0 Å². The molecule has 1 heterocycles. The molecular formula is C24H24N2O2. The molecule has 0 aliphatic carbocycles. The molecule has 28 heavy (non-hydrogen) atoms. The van der Waals surface area contributed by atoms with E-state index in [0.29, 0.717) is 18.7 Å². The fourth-order valence-corrected chi connectivity index (χ4v) is 3.79. The van der Waals surface area contributed by atoms with Gasteiger partial charge in [0.2, 0.25) is 0 Å². The molecule has 0 spiro atoms. The number of aryl methyl sites for hydroxylation is 1. The molecule has 0 radical (unpaired) electrons. The molecule has 1 saturated heterocycles. The van der Waals surface area contributed by atoms with Gasteiger partial charge in [-0.25, -0.2) is 0 Å². The highest BCUT2D eigenvalue weighted by molar-refractivity contribution is 6.07. The zero-order valence-corrected chi connectivity index (χ0v) is 16.0. The first-order valence-corrected chi connectivity index (χ1v) is 9.76. The number of hydrogen-bond acceptors (Lipinski definition) is 2. The molecule has 1 aliphatic heterocycles. The van der Waals surface area contributed by atoms with E-state index in [2.05, 4.69) is 5.32 Å². The Morgan fingerprint density at radius 1 is 0.893 bits per heavy atom. The summed E-state index contributed by atoms with van der Waals surface area (Å²) in [5.74, 6) is 0.0268. The van der Waals surface area contributed by atoms with E-state index in [1.807, 2.05) is 78.6 Å². The number of piperidine rings is 1. The fourth-order valence-electron chi connectivity index (χ4n) is 3.79. The van der Waals surface area contributed by atoms with Gasteiger partial charge >= 0.3 is 0 Å². The number of fused-ring (bicyclic) bond motifs is 1. The first kappa shape index (κ1) is 18.2. The molecule has 4 rings (SSSR count). The van der Waals surface area contributed by atoms with Gasteiger partial charge < -0.3 is 10.2 Å². The van der Waals surface area contributed by atoms with Crippen molar-refractivity contribution in [2.45, 2.75) is 25.8 Å². The number of rotatable bonds is 3. The van der Waals surface area contributed by atoms with Crippen molar-refractivity contribution in [2.75, 3.05) is 13.1 Å². The summed E-state index contributed by atoms with van der Waals surface area (Å²) >= 11 is 0. The Labute approximate surface area is 165 Å². The minimum atomic E-state index is -0.0416. The van der Waals surface area contributed by atoms with Gasteiger partial charge in [-0.05, 0) is 48.7 Å². The summed E-state index contributed by atoms with van der Waals surface area (Å²) in [5, 5.41) is 5.19. The van der Waals surface area contributed by atoms with Gasteiger partial charge in [0.1, 0.15) is 0 Å². The van der Waals surface area contributed by atoms with Crippen LogP contribution in [-0.4, -0.2) is 35.8 Å². The Morgan fingerprint density at radius 3 is 2.32 bits per heavy atom. The third-order valence-electron chi connectivity index (χ3n) is 5.45. The number of nitrogens with one attached hydrogen (secondary N) is 1. The Bertz CT molecular complexity index is 997. The molecular weight excluding hydrogens is 348 g/mol. The van der Waals surface area contributed by atoms with E-state index in [0.717, 1.165) is 34.7 Å². The lowest BCUT2D eigenvalue weighted by Crippen LogP contribution is -2.46. The van der Waals surface area contributed by atoms with Gasteiger partial charge in [0.25, 0.3) is 11.8 Å². The summed E-state index contributed by atoms with van der Waals surface area (Å²) in [7, 11) is 0. The van der Waals surface area contributed by atoms with Crippen molar-refractivity contribution in [2.24, 2.45) is 0 Å². The lowest BCUT2D eigenvalue weighted by molar-refractivity contribution is 0.0698. The maximum Gasteiger partial charge on any atom is 0.253 e. The highest BCUT2D eigenvalue weighted by Gasteiger charge is 2.25. The van der Waals surface area contributed by atoms with Gasteiger partial charge in [-0.1, -0.05) is 54.1 Å². The predicted molar refractivity (Wildman–Crippen MR) is 112 cm³/mol. The van der Waals surface area contributed by atoms with Gasteiger partial charge in [0, 0.05) is 30.3 Å². The van der Waals surface area contributed by atoms with Crippen molar-refractivity contribution < 1.29 is 9.59 Å². The molecule has 1 N–H and O–H groups in total. The zero-order chi connectivity index (χ0) is 19.5. The number of nitrogens with zero attached hydrogens (tertiary/aromatic N) is 1. The van der Waals surface area contributed by atoms with Crippen molar-refractivity contribution >= 4 is 22.6 Å². The molecule has 4 nitrogen and oxygen atoms in total. The van der Waals surface area contributed by atoms with E-state index >= 15 is 0 Å². The SMILES string of the molecule is Cc1ccc(C(=O)N2CCC(NC(=O)c3cccc4ccccc34)CC2)cc1. The van der Waals surface area contributed by atoms with E-state index < -0.39 is 0 Å². The van der Waals surface area contributed by atoms with Crippen LogP contribution in [0.2, 0.25) is 0 Å². The minimum absolute atomic E-state index is 0.0416. The molecule has 3 aromatic carbocycles. The quantitative estimate of drug-likeness (QED) is 0.750. The lowest BCUT2D eigenvalue weighted by Gasteiger charge is -2.32. The van der Waals surface area contributed by atoms with Crippen LogP contribution in [0.1, 0.15) is 39.1 Å². The van der Waals surface area contributed by atoms with Crippen molar-refractivity contribution in [1.82, 2.24) is 10.2 Å². The second kappa shape index (κ2) is 7.85. The van der Waals surface area contributed by atoms with Crippen molar-refractivity contribution in [3.8, 4) is 0 Å². The summed E-state index contributed by atoms with van der Waals surface area (Å²) in [5.41, 5.74) is 2.58. The first-order chi connectivity index (χ1) is 13.6. The van der Waals surface area contributed by atoms with Crippen LogP contribution in [0.5, 0.6) is 0 Å². The molecule has 1 aliphatic rings. The predicted octanol–water partition coefficient (Wildman–Crippen LogP) is 4.18. The van der Waals surface area contributed by atoms with Gasteiger partial charge in [-0.3, -0.25) is 9.59 Å². The van der Waals surface area contributed by atoms with Crippen LogP contribution in [-0.2, 0) is 0 Å². The molecule has 0 unspecified atom stereocenters. The van der Waals surface area contributed by atoms with Crippen LogP contribution >= 0.6 is 0 Å². The number of carbonyl (C=O) groups is 2. The van der Waals surface area contributed by atoms with Crippen molar-refractivity contribution in [3.05, 3.63) is 83.4 Å². The largest absolute Gasteiger partial charge is 0.349 e. The lowest BCUT2D eigenvalue weighted by atomic mass is 10.0. The highest BCUT2D eigenvalue weighted by Crippen LogP contribution is 2.20. The van der Waals surface area contributed by atoms with Crippen LogP contribution in [0, 0.1) is 6.92 Å². The van der Waals surface area contributed by atoms with Crippen molar-refractivity contribution in [1.29, 1.82) is 0 Å². The van der Waals surface area contributed by atoms with Crippen molar-refractivity contribution in [3.63, 3.8) is 0 Å². The van der Waals surface area contributed by atoms with E-state index in [9.17, 15) is 9.59 Å². The first-order valence-electron chi connectivity index (χ1n) is 9.76. The fraction of sp³-hybridized carbons (Fsp3) is 0.250. The topological polar surface area (TPSA) is 49.4 Å². The average molecular weight is 372 g/mol. The maximum absolute atomic E-state index is 12.8. The maximum atomic E-state index is 12.8. The van der Waals surface area contributed by atoms with Gasteiger partial charge in [0.05, 0.1) is 0 Å². The molecule has 4 heteroatoms. The summed E-state index contributed by atoms with van der Waals surface area (Å²) in [4.78, 5) is 27.3. The van der Waals surface area contributed by atoms with Crippen LogP contribution in [0.3, 0.4) is 0 Å². The zero-order valence-electron chi connectivity index (χ0n) is 16.0. The number of amides is 2. The minimum Gasteiger partial charge on any atom is -0.349 e. The summed E-state index contributed by atoms with van der Waals surface area (Å²) in [6, 6.07) is 21.5. The van der Waals surface area contributed by atoms with Crippen LogP contribution in [0.4, 0.5) is 0 Å². The number of carbonyl (C=O) groups excluding carboxylic acids is 2. The van der Waals surface area contributed by atoms with Crippen LogP contribution < -0.4 is 5.32 Å². The second-order valence-electron chi connectivity index (χ2n) is 7.43. The Kier molecular flexibility index (Phi) is 5.11. The molecule has 1 fully saturated rings. The molecule has 0 aromatic heterocycles. The Morgan fingerprint density at radius 2 is 1.57 bits per heavy atom. The monoisotopic (exact) mass is 372 g/mol. The smallest absolute Gasteiger partial charge is 0.253 e.